The van der Waals surface area contributed by atoms with Crippen molar-refractivity contribution in [1.82, 2.24) is 9.80 Å². The van der Waals surface area contributed by atoms with Crippen LogP contribution in [0.15, 0.2) is 30.3 Å². The van der Waals surface area contributed by atoms with Crippen LogP contribution in [-0.2, 0) is 4.79 Å². The van der Waals surface area contributed by atoms with Crippen molar-refractivity contribution in [3.05, 3.63) is 30.3 Å². The Morgan fingerprint density at radius 1 is 1.25 bits per heavy atom. The Morgan fingerprint density at radius 2 is 1.90 bits per heavy atom. The van der Waals surface area contributed by atoms with Crippen LogP contribution in [0.25, 0.3) is 0 Å². The minimum Gasteiger partial charge on any atom is -0.492 e. The van der Waals surface area contributed by atoms with Crippen molar-refractivity contribution in [2.75, 3.05) is 39.3 Å². The van der Waals surface area contributed by atoms with E-state index in [9.17, 15) is 4.79 Å². The summed E-state index contributed by atoms with van der Waals surface area (Å²) < 4.78 is 5.67. The molecule has 1 atom stereocenters. The lowest BCUT2D eigenvalue weighted by atomic mass is 10.2. The number of para-hydroxylation sites is 1. The quantitative estimate of drug-likeness (QED) is 0.846. The van der Waals surface area contributed by atoms with Crippen LogP contribution < -0.4 is 4.74 Å². The topological polar surface area (TPSA) is 53.0 Å². The van der Waals surface area contributed by atoms with E-state index in [-0.39, 0.29) is 0 Å². The number of hydrogen-bond donors (Lipinski definition) is 1. The number of carboxylic acids is 1. The van der Waals surface area contributed by atoms with E-state index < -0.39 is 12.0 Å². The maximum absolute atomic E-state index is 10.9. The highest BCUT2D eigenvalue weighted by Gasteiger charge is 2.24. The summed E-state index contributed by atoms with van der Waals surface area (Å²) >= 11 is 0. The molecule has 5 nitrogen and oxygen atoms in total. The average molecular weight is 278 g/mol. The van der Waals surface area contributed by atoms with E-state index in [0.717, 1.165) is 38.5 Å². The number of rotatable bonds is 6. The van der Waals surface area contributed by atoms with E-state index in [2.05, 4.69) is 4.90 Å². The molecule has 1 aliphatic rings. The molecule has 1 saturated heterocycles. The lowest BCUT2D eigenvalue weighted by Crippen LogP contribution is -2.52. The summed E-state index contributed by atoms with van der Waals surface area (Å²) in [6, 6.07) is 9.40. The first-order valence-corrected chi connectivity index (χ1v) is 7.04. The molecular weight excluding hydrogens is 256 g/mol. The average Bonchev–Trinajstić information content (AvgIpc) is 2.48. The summed E-state index contributed by atoms with van der Waals surface area (Å²) in [4.78, 5) is 15.3. The van der Waals surface area contributed by atoms with Crippen LogP contribution >= 0.6 is 0 Å². The fourth-order valence-corrected chi connectivity index (χ4v) is 2.34. The predicted molar refractivity (Wildman–Crippen MR) is 77.0 cm³/mol. The van der Waals surface area contributed by atoms with Crippen molar-refractivity contribution in [2.24, 2.45) is 0 Å². The zero-order valence-corrected chi connectivity index (χ0v) is 11.9. The zero-order valence-electron chi connectivity index (χ0n) is 11.9. The van der Waals surface area contributed by atoms with Gasteiger partial charge in [0.2, 0.25) is 0 Å². The molecule has 1 unspecified atom stereocenters. The van der Waals surface area contributed by atoms with Crippen LogP contribution in [0.4, 0.5) is 0 Å². The molecule has 0 radical (unpaired) electrons. The van der Waals surface area contributed by atoms with Gasteiger partial charge < -0.3 is 9.84 Å². The summed E-state index contributed by atoms with van der Waals surface area (Å²) in [6.45, 7) is 6.70. The second-order valence-electron chi connectivity index (χ2n) is 5.05. The van der Waals surface area contributed by atoms with Crippen molar-refractivity contribution in [3.8, 4) is 5.75 Å². The van der Waals surface area contributed by atoms with Gasteiger partial charge in [-0.25, -0.2) is 0 Å². The molecule has 0 aliphatic carbocycles. The van der Waals surface area contributed by atoms with Crippen LogP contribution in [0.2, 0.25) is 0 Å². The number of piperazine rings is 1. The summed E-state index contributed by atoms with van der Waals surface area (Å²) in [5.41, 5.74) is 0. The highest BCUT2D eigenvalue weighted by atomic mass is 16.5. The van der Waals surface area contributed by atoms with E-state index in [1.807, 2.05) is 35.2 Å². The van der Waals surface area contributed by atoms with Gasteiger partial charge in [0.1, 0.15) is 18.4 Å². The molecule has 110 valence electrons. The monoisotopic (exact) mass is 278 g/mol. The number of carbonyl (C=O) groups is 1. The third-order valence-corrected chi connectivity index (χ3v) is 3.73. The molecule has 0 bridgehead atoms. The third kappa shape index (κ3) is 4.21. The van der Waals surface area contributed by atoms with E-state index in [1.54, 1.807) is 6.92 Å². The van der Waals surface area contributed by atoms with Gasteiger partial charge in [-0.3, -0.25) is 14.6 Å². The fourth-order valence-electron chi connectivity index (χ4n) is 2.34. The normalized spacial score (nSPS) is 18.6. The van der Waals surface area contributed by atoms with Crippen molar-refractivity contribution in [3.63, 3.8) is 0 Å². The third-order valence-electron chi connectivity index (χ3n) is 3.73. The van der Waals surface area contributed by atoms with Crippen molar-refractivity contribution in [2.45, 2.75) is 13.0 Å². The minimum atomic E-state index is -0.745. The van der Waals surface area contributed by atoms with Crippen LogP contribution in [0.1, 0.15) is 6.92 Å². The molecule has 1 heterocycles. The summed E-state index contributed by atoms with van der Waals surface area (Å²) in [5, 5.41) is 8.99. The molecule has 0 aromatic heterocycles. The Balaban J connectivity index is 1.66. The van der Waals surface area contributed by atoms with E-state index >= 15 is 0 Å². The molecule has 1 fully saturated rings. The van der Waals surface area contributed by atoms with E-state index in [4.69, 9.17) is 9.84 Å². The molecule has 0 amide bonds. The number of aliphatic carboxylic acids is 1. The number of nitrogens with zero attached hydrogens (tertiary/aromatic N) is 2. The second kappa shape index (κ2) is 7.26. The van der Waals surface area contributed by atoms with Crippen molar-refractivity contribution >= 4 is 5.97 Å². The van der Waals surface area contributed by atoms with Gasteiger partial charge in [-0.1, -0.05) is 18.2 Å². The van der Waals surface area contributed by atoms with E-state index in [1.165, 1.54) is 0 Å². The molecule has 1 aromatic carbocycles. The van der Waals surface area contributed by atoms with Crippen LogP contribution in [0, 0.1) is 0 Å². The fraction of sp³-hybridized carbons (Fsp3) is 0.533. The van der Waals surface area contributed by atoms with Gasteiger partial charge in [-0.05, 0) is 19.1 Å². The predicted octanol–water partition coefficient (Wildman–Crippen LogP) is 1.16. The summed E-state index contributed by atoms with van der Waals surface area (Å²) in [7, 11) is 0. The molecule has 1 N–H and O–H groups in total. The molecule has 20 heavy (non-hydrogen) atoms. The Hall–Kier alpha value is -1.59. The SMILES string of the molecule is CC(C(=O)O)N1CCN(CCOc2ccccc2)CC1. The van der Waals surface area contributed by atoms with Crippen LogP contribution in [0.3, 0.4) is 0 Å². The highest BCUT2D eigenvalue weighted by Crippen LogP contribution is 2.09. The van der Waals surface area contributed by atoms with Gasteiger partial charge in [-0.2, -0.15) is 0 Å². The number of hydrogen-bond acceptors (Lipinski definition) is 4. The molecule has 1 aromatic rings. The van der Waals surface area contributed by atoms with Gasteiger partial charge in [-0.15, -0.1) is 0 Å². The number of ether oxygens (including phenoxy) is 1. The summed E-state index contributed by atoms with van der Waals surface area (Å²) in [5.74, 6) is 0.150. The first kappa shape index (κ1) is 14.8. The van der Waals surface area contributed by atoms with E-state index in [0.29, 0.717) is 6.61 Å². The van der Waals surface area contributed by atoms with Gasteiger partial charge in [0.05, 0.1) is 0 Å². The van der Waals surface area contributed by atoms with Gasteiger partial charge >= 0.3 is 5.97 Å². The largest absolute Gasteiger partial charge is 0.492 e. The standard InChI is InChI=1S/C15H22N2O3/c1-13(15(18)19)17-9-7-16(8-10-17)11-12-20-14-5-3-2-4-6-14/h2-6,13H,7-12H2,1H3,(H,18,19). The Kier molecular flexibility index (Phi) is 5.38. The minimum absolute atomic E-state index is 0.391. The first-order chi connectivity index (χ1) is 9.66. The smallest absolute Gasteiger partial charge is 0.320 e. The Labute approximate surface area is 119 Å². The first-order valence-electron chi connectivity index (χ1n) is 7.04. The highest BCUT2D eigenvalue weighted by molar-refractivity contribution is 5.72. The lowest BCUT2D eigenvalue weighted by molar-refractivity contribution is -0.143. The molecule has 2 rings (SSSR count). The van der Waals surface area contributed by atoms with Crippen molar-refractivity contribution in [1.29, 1.82) is 0 Å². The van der Waals surface area contributed by atoms with Crippen LogP contribution in [0.5, 0.6) is 5.75 Å². The molecule has 5 heteroatoms. The number of carboxylic acid groups (broad SMARTS) is 1. The second-order valence-corrected chi connectivity index (χ2v) is 5.05. The van der Waals surface area contributed by atoms with Gasteiger partial charge in [0.25, 0.3) is 0 Å². The lowest BCUT2D eigenvalue weighted by Gasteiger charge is -2.36. The van der Waals surface area contributed by atoms with Crippen LogP contribution in [-0.4, -0.2) is 66.2 Å². The zero-order chi connectivity index (χ0) is 14.4. The van der Waals surface area contributed by atoms with Crippen molar-refractivity contribution < 1.29 is 14.6 Å². The molecular formula is C15H22N2O3. The molecule has 0 spiro atoms. The Morgan fingerprint density at radius 3 is 2.50 bits per heavy atom. The van der Waals surface area contributed by atoms with Gasteiger partial charge in [0.15, 0.2) is 0 Å². The Bertz CT molecular complexity index is 416. The maximum Gasteiger partial charge on any atom is 0.320 e. The molecule has 1 aliphatic heterocycles. The summed E-state index contributed by atoms with van der Waals surface area (Å²) in [6.07, 6.45) is 0. The molecule has 0 saturated carbocycles. The van der Waals surface area contributed by atoms with Gasteiger partial charge in [0, 0.05) is 32.7 Å². The number of benzene rings is 1. The maximum atomic E-state index is 10.9.